The molecule has 0 spiro atoms. The molecule has 1 aromatic carbocycles. The van der Waals surface area contributed by atoms with Gasteiger partial charge in [-0.3, -0.25) is 0 Å². The summed E-state index contributed by atoms with van der Waals surface area (Å²) in [6, 6.07) is 5.50. The summed E-state index contributed by atoms with van der Waals surface area (Å²) in [6.45, 7) is 1.77. The second-order valence-electron chi connectivity index (χ2n) is 5.10. The lowest BCUT2D eigenvalue weighted by Crippen LogP contribution is -2.40. The van der Waals surface area contributed by atoms with Crippen molar-refractivity contribution >= 4 is 0 Å². The molecule has 0 saturated heterocycles. The summed E-state index contributed by atoms with van der Waals surface area (Å²) >= 11 is 0. The van der Waals surface area contributed by atoms with Gasteiger partial charge in [0.1, 0.15) is 17.7 Å². The number of rotatable bonds is 3. The lowest BCUT2D eigenvalue weighted by atomic mass is 10.1. The van der Waals surface area contributed by atoms with Gasteiger partial charge in [0.05, 0.1) is 0 Å². The maximum atomic E-state index is 13.5. The summed E-state index contributed by atoms with van der Waals surface area (Å²) in [6.07, 6.45) is 6.03. The van der Waals surface area contributed by atoms with Gasteiger partial charge >= 0.3 is 0 Å². The van der Waals surface area contributed by atoms with Crippen LogP contribution in [0.1, 0.15) is 37.7 Å². The molecule has 2 unspecified atom stereocenters. The highest BCUT2D eigenvalue weighted by atomic mass is 19.1. The Hall–Kier alpha value is -1.09. The smallest absolute Gasteiger partial charge is 0.129 e. The van der Waals surface area contributed by atoms with Crippen molar-refractivity contribution in [3.63, 3.8) is 0 Å². The van der Waals surface area contributed by atoms with Crippen molar-refractivity contribution < 1.29 is 9.13 Å². The minimum absolute atomic E-state index is 0.152. The van der Waals surface area contributed by atoms with E-state index in [4.69, 9.17) is 4.74 Å². The predicted molar refractivity (Wildman–Crippen MR) is 71.5 cm³/mol. The zero-order valence-electron chi connectivity index (χ0n) is 11.2. The van der Waals surface area contributed by atoms with Crippen molar-refractivity contribution in [2.24, 2.45) is 0 Å². The first kappa shape index (κ1) is 13.3. The van der Waals surface area contributed by atoms with E-state index in [0.717, 1.165) is 12.8 Å². The first-order valence-corrected chi connectivity index (χ1v) is 6.81. The second kappa shape index (κ2) is 6.19. The van der Waals surface area contributed by atoms with E-state index in [1.54, 1.807) is 13.0 Å². The number of hydrogen-bond acceptors (Lipinski definition) is 2. The van der Waals surface area contributed by atoms with Crippen LogP contribution in [0.5, 0.6) is 5.75 Å². The number of benzene rings is 1. The van der Waals surface area contributed by atoms with E-state index in [0.29, 0.717) is 17.4 Å². The molecule has 2 rings (SSSR count). The van der Waals surface area contributed by atoms with E-state index >= 15 is 0 Å². The molecule has 0 bridgehead atoms. The average Bonchev–Trinajstić information content (AvgIpc) is 2.59. The van der Waals surface area contributed by atoms with Gasteiger partial charge in [0.25, 0.3) is 0 Å². The highest BCUT2D eigenvalue weighted by Crippen LogP contribution is 2.24. The van der Waals surface area contributed by atoms with E-state index in [1.165, 1.54) is 25.3 Å². The van der Waals surface area contributed by atoms with Crippen molar-refractivity contribution in [1.29, 1.82) is 0 Å². The molecule has 2 nitrogen and oxygen atoms in total. The number of hydrogen-bond donors (Lipinski definition) is 1. The minimum Gasteiger partial charge on any atom is -0.489 e. The molecule has 1 fully saturated rings. The van der Waals surface area contributed by atoms with Gasteiger partial charge in [0.2, 0.25) is 0 Å². The quantitative estimate of drug-likeness (QED) is 0.831. The van der Waals surface area contributed by atoms with E-state index in [-0.39, 0.29) is 11.9 Å². The highest BCUT2D eigenvalue weighted by Gasteiger charge is 2.24. The van der Waals surface area contributed by atoms with Crippen LogP contribution in [0.15, 0.2) is 18.2 Å². The Morgan fingerprint density at radius 2 is 2.00 bits per heavy atom. The fourth-order valence-electron chi connectivity index (χ4n) is 2.57. The second-order valence-corrected chi connectivity index (χ2v) is 5.10. The summed E-state index contributed by atoms with van der Waals surface area (Å²) in [5, 5.41) is 3.32. The third-order valence-corrected chi connectivity index (χ3v) is 3.75. The van der Waals surface area contributed by atoms with Gasteiger partial charge in [-0.25, -0.2) is 4.39 Å². The summed E-state index contributed by atoms with van der Waals surface area (Å²) in [5.41, 5.74) is 0.661. The fraction of sp³-hybridized carbons (Fsp3) is 0.600. The van der Waals surface area contributed by atoms with Crippen molar-refractivity contribution in [3.05, 3.63) is 29.6 Å². The Morgan fingerprint density at radius 1 is 1.22 bits per heavy atom. The monoisotopic (exact) mass is 251 g/mol. The molecule has 18 heavy (non-hydrogen) atoms. The van der Waals surface area contributed by atoms with Gasteiger partial charge in [0.15, 0.2) is 0 Å². The average molecular weight is 251 g/mol. The fourth-order valence-corrected chi connectivity index (χ4v) is 2.57. The summed E-state index contributed by atoms with van der Waals surface area (Å²) < 4.78 is 19.5. The van der Waals surface area contributed by atoms with Crippen LogP contribution < -0.4 is 10.1 Å². The molecular formula is C15H22FNO. The third-order valence-electron chi connectivity index (χ3n) is 3.75. The molecule has 1 aromatic rings. The molecule has 0 radical (unpaired) electrons. The lowest BCUT2D eigenvalue weighted by Gasteiger charge is -2.25. The highest BCUT2D eigenvalue weighted by molar-refractivity contribution is 5.28. The lowest BCUT2D eigenvalue weighted by molar-refractivity contribution is 0.148. The zero-order chi connectivity index (χ0) is 13.0. The van der Waals surface area contributed by atoms with Crippen LogP contribution in [-0.4, -0.2) is 19.2 Å². The van der Waals surface area contributed by atoms with Crippen LogP contribution in [0, 0.1) is 12.7 Å². The summed E-state index contributed by atoms with van der Waals surface area (Å²) in [7, 11) is 1.97. The molecule has 2 atom stereocenters. The SMILES string of the molecule is CNC1CCCCCC1Oc1ccc(C)c(F)c1. The van der Waals surface area contributed by atoms with E-state index in [2.05, 4.69) is 5.32 Å². The van der Waals surface area contributed by atoms with Crippen LogP contribution in [0.2, 0.25) is 0 Å². The first-order chi connectivity index (χ1) is 8.70. The maximum Gasteiger partial charge on any atom is 0.129 e. The summed E-state index contributed by atoms with van der Waals surface area (Å²) in [4.78, 5) is 0. The first-order valence-electron chi connectivity index (χ1n) is 6.81. The van der Waals surface area contributed by atoms with Crippen molar-refractivity contribution in [1.82, 2.24) is 5.32 Å². The van der Waals surface area contributed by atoms with Crippen LogP contribution in [0.25, 0.3) is 0 Å². The molecule has 0 amide bonds. The zero-order valence-corrected chi connectivity index (χ0v) is 11.2. The van der Waals surface area contributed by atoms with Crippen LogP contribution >= 0.6 is 0 Å². The Bertz CT molecular complexity index is 394. The molecule has 0 aliphatic heterocycles. The molecule has 1 N–H and O–H groups in total. The van der Waals surface area contributed by atoms with Gasteiger partial charge in [0, 0.05) is 12.1 Å². The van der Waals surface area contributed by atoms with Crippen LogP contribution in [0.4, 0.5) is 4.39 Å². The number of ether oxygens (including phenoxy) is 1. The van der Waals surface area contributed by atoms with Crippen LogP contribution in [-0.2, 0) is 0 Å². The molecule has 1 saturated carbocycles. The third kappa shape index (κ3) is 3.22. The largest absolute Gasteiger partial charge is 0.489 e. The maximum absolute atomic E-state index is 13.5. The number of likely N-dealkylation sites (N-methyl/N-ethyl adjacent to an activating group) is 1. The Labute approximate surface area is 109 Å². The van der Waals surface area contributed by atoms with Gasteiger partial charge < -0.3 is 10.1 Å². The molecule has 0 aromatic heterocycles. The standard InChI is InChI=1S/C15H22FNO/c1-11-8-9-12(10-13(11)16)18-15-7-5-3-4-6-14(15)17-2/h8-10,14-15,17H,3-7H2,1-2H3. The molecule has 0 heterocycles. The van der Waals surface area contributed by atoms with Crippen molar-refractivity contribution in [2.75, 3.05) is 7.05 Å². The number of nitrogens with one attached hydrogen (secondary N) is 1. The van der Waals surface area contributed by atoms with E-state index in [9.17, 15) is 4.39 Å². The Morgan fingerprint density at radius 3 is 2.72 bits per heavy atom. The van der Waals surface area contributed by atoms with Gasteiger partial charge in [-0.15, -0.1) is 0 Å². The Balaban J connectivity index is 2.07. The Kier molecular flexibility index (Phi) is 4.59. The van der Waals surface area contributed by atoms with Crippen LogP contribution in [0.3, 0.4) is 0 Å². The van der Waals surface area contributed by atoms with Gasteiger partial charge in [-0.05, 0) is 44.9 Å². The normalized spacial score (nSPS) is 24.6. The number of aryl methyl sites for hydroxylation is 1. The topological polar surface area (TPSA) is 21.3 Å². The summed E-state index contributed by atoms with van der Waals surface area (Å²) in [5.74, 6) is 0.451. The molecular weight excluding hydrogens is 229 g/mol. The van der Waals surface area contributed by atoms with E-state index < -0.39 is 0 Å². The number of halogens is 1. The molecule has 3 heteroatoms. The van der Waals surface area contributed by atoms with Crippen molar-refractivity contribution in [2.45, 2.75) is 51.2 Å². The van der Waals surface area contributed by atoms with Gasteiger partial charge in [-0.1, -0.05) is 18.9 Å². The van der Waals surface area contributed by atoms with Crippen molar-refractivity contribution in [3.8, 4) is 5.75 Å². The molecule has 1 aliphatic rings. The molecule has 100 valence electrons. The molecule has 1 aliphatic carbocycles. The minimum atomic E-state index is -0.192. The van der Waals surface area contributed by atoms with Gasteiger partial charge in [-0.2, -0.15) is 0 Å². The predicted octanol–water partition coefficient (Wildman–Crippen LogP) is 3.43. The van der Waals surface area contributed by atoms with E-state index in [1.807, 2.05) is 13.1 Å².